The number of allylic oxidation sites excluding steroid dienone is 2. The number of aliphatic hydroxyl groups is 2. The molecule has 2 N–H and O–H groups in total. The average Bonchev–Trinajstić information content (AvgIpc) is 3.24. The highest BCUT2D eigenvalue weighted by molar-refractivity contribution is 5.94. The zero-order chi connectivity index (χ0) is 33.1. The van der Waals surface area contributed by atoms with Crippen molar-refractivity contribution >= 4 is 29.5 Å². The molecule has 2 aliphatic carbocycles. The van der Waals surface area contributed by atoms with E-state index in [1.807, 2.05) is 0 Å². The summed E-state index contributed by atoms with van der Waals surface area (Å²) >= 11 is 0. The molecule has 0 aliphatic heterocycles. The van der Waals surface area contributed by atoms with Crippen molar-refractivity contribution in [3.63, 3.8) is 0 Å². The van der Waals surface area contributed by atoms with Gasteiger partial charge in [-0.15, -0.1) is 0 Å². The molecule has 0 bridgehead atoms. The fraction of sp³-hybridized carbons (Fsp3) is 0.559. The summed E-state index contributed by atoms with van der Waals surface area (Å²) in [5.41, 5.74) is -3.67. The van der Waals surface area contributed by atoms with E-state index in [0.717, 1.165) is 0 Å². The third-order valence-corrected chi connectivity index (χ3v) is 8.50. The Kier molecular flexibility index (Phi) is 10.7. The van der Waals surface area contributed by atoms with Crippen LogP contribution in [-0.4, -0.2) is 69.7 Å². The first-order valence-corrected chi connectivity index (χ1v) is 15.0. The lowest BCUT2D eigenvalue weighted by molar-refractivity contribution is -0.168. The lowest BCUT2D eigenvalue weighted by atomic mass is 9.73. The number of fused-ring (bicyclic) bond motifs is 1. The topological polar surface area (TPSA) is 154 Å². The van der Waals surface area contributed by atoms with Gasteiger partial charge in [0.1, 0.15) is 17.8 Å². The zero-order valence-corrected chi connectivity index (χ0v) is 26.4. The van der Waals surface area contributed by atoms with Gasteiger partial charge < -0.3 is 24.4 Å². The SMILES string of the molecule is C=C1C(OC(=O)c2ccccc2)C2[C@@H](OC(=O)CC)[C@@H](C)C[C@]2(O)C(=O)[C@@H](C)/C=C/C(C)(C)C(=O)C(O)[C@H]1OC(=O)C(C)C. The summed E-state index contributed by atoms with van der Waals surface area (Å²) < 4.78 is 17.4. The minimum atomic E-state index is -2.21. The number of carbonyl (C=O) groups is 5. The molecule has 0 amide bonds. The van der Waals surface area contributed by atoms with E-state index in [4.69, 9.17) is 14.2 Å². The van der Waals surface area contributed by atoms with Crippen molar-refractivity contribution in [1.29, 1.82) is 0 Å². The second kappa shape index (κ2) is 13.6. The van der Waals surface area contributed by atoms with E-state index in [9.17, 15) is 34.2 Å². The number of Topliss-reactive ketones (excluding diaryl/α,β-unsaturated/α-hetero) is 2. The highest BCUT2D eigenvalue weighted by Crippen LogP contribution is 2.49. The number of ether oxygens (including phenoxy) is 3. The largest absolute Gasteiger partial charge is 0.461 e. The maximum Gasteiger partial charge on any atom is 0.338 e. The third kappa shape index (κ3) is 7.02. The predicted octanol–water partition coefficient (Wildman–Crippen LogP) is 3.78. The van der Waals surface area contributed by atoms with Gasteiger partial charge in [0.05, 0.1) is 17.4 Å². The van der Waals surface area contributed by atoms with Crippen molar-refractivity contribution < 1.29 is 48.4 Å². The van der Waals surface area contributed by atoms with Gasteiger partial charge in [0.25, 0.3) is 0 Å². The Morgan fingerprint density at radius 2 is 1.61 bits per heavy atom. The Bertz CT molecular complexity index is 1310. The van der Waals surface area contributed by atoms with Crippen LogP contribution in [0.5, 0.6) is 0 Å². The number of aliphatic hydroxyl groups excluding tert-OH is 1. The van der Waals surface area contributed by atoms with Gasteiger partial charge in [-0.3, -0.25) is 19.2 Å². The fourth-order valence-electron chi connectivity index (χ4n) is 5.85. The van der Waals surface area contributed by atoms with E-state index in [1.54, 1.807) is 52.8 Å². The highest BCUT2D eigenvalue weighted by Gasteiger charge is 2.63. The summed E-state index contributed by atoms with van der Waals surface area (Å²) in [4.78, 5) is 66.8. The molecule has 10 nitrogen and oxygen atoms in total. The molecular weight excluding hydrogens is 568 g/mol. The minimum Gasteiger partial charge on any atom is -0.461 e. The van der Waals surface area contributed by atoms with Gasteiger partial charge in [0.15, 0.2) is 23.8 Å². The first-order valence-electron chi connectivity index (χ1n) is 15.0. The van der Waals surface area contributed by atoms with E-state index < -0.39 is 88.6 Å². The van der Waals surface area contributed by atoms with Crippen molar-refractivity contribution in [3.8, 4) is 0 Å². The Hall–Kier alpha value is -3.63. The second-order valence-corrected chi connectivity index (χ2v) is 12.8. The molecule has 10 heteroatoms. The highest BCUT2D eigenvalue weighted by atomic mass is 16.6. The van der Waals surface area contributed by atoms with E-state index in [1.165, 1.54) is 38.1 Å². The molecule has 0 spiro atoms. The summed E-state index contributed by atoms with van der Waals surface area (Å²) in [6, 6.07) is 7.91. The summed E-state index contributed by atoms with van der Waals surface area (Å²) in [6.07, 6.45) is -3.73. The van der Waals surface area contributed by atoms with Crippen molar-refractivity contribution in [3.05, 3.63) is 60.2 Å². The summed E-state index contributed by atoms with van der Waals surface area (Å²) in [5, 5.41) is 23.8. The van der Waals surface area contributed by atoms with Gasteiger partial charge in [-0.05, 0) is 38.3 Å². The predicted molar refractivity (Wildman–Crippen MR) is 160 cm³/mol. The third-order valence-electron chi connectivity index (χ3n) is 8.50. The smallest absolute Gasteiger partial charge is 0.338 e. The second-order valence-electron chi connectivity index (χ2n) is 12.8. The Balaban J connectivity index is 2.33. The molecule has 2 aliphatic rings. The zero-order valence-electron chi connectivity index (χ0n) is 26.4. The monoisotopic (exact) mass is 612 g/mol. The maximum atomic E-state index is 14.1. The first kappa shape index (κ1) is 34.9. The number of carbonyl (C=O) groups excluding carboxylic acids is 5. The number of hydrogen-bond acceptors (Lipinski definition) is 10. The van der Waals surface area contributed by atoms with Crippen LogP contribution >= 0.6 is 0 Å². The average molecular weight is 613 g/mol. The van der Waals surface area contributed by atoms with E-state index in [0.29, 0.717) is 0 Å². The van der Waals surface area contributed by atoms with Gasteiger partial charge in [-0.1, -0.05) is 71.5 Å². The quantitative estimate of drug-likeness (QED) is 0.276. The van der Waals surface area contributed by atoms with Crippen LogP contribution in [0, 0.1) is 29.1 Å². The van der Waals surface area contributed by atoms with Gasteiger partial charge in [-0.25, -0.2) is 4.79 Å². The van der Waals surface area contributed by atoms with E-state index in [2.05, 4.69) is 6.58 Å². The lowest BCUT2D eigenvalue weighted by Gasteiger charge is -2.41. The van der Waals surface area contributed by atoms with Crippen molar-refractivity contribution in [2.24, 2.45) is 29.1 Å². The van der Waals surface area contributed by atoms with Crippen LogP contribution in [0.4, 0.5) is 0 Å². The molecule has 0 radical (unpaired) electrons. The summed E-state index contributed by atoms with van der Waals surface area (Å²) in [7, 11) is 0. The molecule has 3 unspecified atom stereocenters. The molecule has 44 heavy (non-hydrogen) atoms. The number of esters is 3. The van der Waals surface area contributed by atoms with Gasteiger partial charge in [0, 0.05) is 23.3 Å². The van der Waals surface area contributed by atoms with Crippen LogP contribution in [0.25, 0.3) is 0 Å². The van der Waals surface area contributed by atoms with Crippen molar-refractivity contribution in [1.82, 2.24) is 0 Å². The van der Waals surface area contributed by atoms with Crippen molar-refractivity contribution in [2.45, 2.75) is 91.3 Å². The standard InChI is InChI=1S/C34H44O10/c1-9-23(35)42-26-20(5)17-34(41)24(26)27(43-32(40)22-13-11-10-12-14-22)21(6)28(44-31(39)18(2)3)25(36)30(38)33(7,8)16-15-19(4)29(34)37/h10-16,18-20,24-28,36,41H,6,9,17H2,1-5,7-8H3/b16-15+/t19-,20-,24?,25?,26-,27?,28-,34+/m0/s1. The molecule has 3 rings (SSSR count). The molecule has 0 saturated heterocycles. The molecular formula is C34H44O10. The normalized spacial score (nSPS) is 33.0. The van der Waals surface area contributed by atoms with Gasteiger partial charge >= 0.3 is 17.9 Å². The van der Waals surface area contributed by atoms with Crippen molar-refractivity contribution in [2.75, 3.05) is 0 Å². The number of ketones is 2. The van der Waals surface area contributed by atoms with Gasteiger partial charge in [-0.2, -0.15) is 0 Å². The van der Waals surface area contributed by atoms with E-state index >= 15 is 0 Å². The Labute approximate surface area is 258 Å². The molecule has 1 aromatic carbocycles. The number of rotatable bonds is 6. The lowest BCUT2D eigenvalue weighted by Crippen LogP contribution is -2.56. The number of hydrogen-bond donors (Lipinski definition) is 2. The molecule has 0 heterocycles. The number of benzene rings is 1. The minimum absolute atomic E-state index is 0.00615. The molecule has 0 aromatic heterocycles. The van der Waals surface area contributed by atoms with Crippen LogP contribution < -0.4 is 0 Å². The van der Waals surface area contributed by atoms with Gasteiger partial charge in [0.2, 0.25) is 0 Å². The summed E-state index contributed by atoms with van der Waals surface area (Å²) in [5.74, 6) is -7.25. The Morgan fingerprint density at radius 3 is 2.18 bits per heavy atom. The Morgan fingerprint density at radius 1 is 1.00 bits per heavy atom. The van der Waals surface area contributed by atoms with Crippen LogP contribution in [-0.2, 0) is 33.4 Å². The summed E-state index contributed by atoms with van der Waals surface area (Å²) in [6.45, 7) is 15.1. The maximum absolute atomic E-state index is 14.1. The first-order chi connectivity index (χ1) is 20.5. The molecule has 1 aromatic rings. The van der Waals surface area contributed by atoms with E-state index in [-0.39, 0.29) is 24.0 Å². The van der Waals surface area contributed by atoms with Crippen LogP contribution in [0.1, 0.15) is 71.7 Å². The molecule has 1 fully saturated rings. The van der Waals surface area contributed by atoms with Crippen LogP contribution in [0.2, 0.25) is 0 Å². The fourth-order valence-corrected chi connectivity index (χ4v) is 5.85. The molecule has 1 saturated carbocycles. The molecule has 8 atom stereocenters. The van der Waals surface area contributed by atoms with Crippen LogP contribution in [0.3, 0.4) is 0 Å². The van der Waals surface area contributed by atoms with Crippen LogP contribution in [0.15, 0.2) is 54.6 Å². The molecule has 240 valence electrons.